The molecule has 18 heavy (non-hydrogen) atoms. The Morgan fingerprint density at radius 3 is 2.67 bits per heavy atom. The summed E-state index contributed by atoms with van der Waals surface area (Å²) in [5.41, 5.74) is 1.70. The minimum Gasteiger partial charge on any atom is -0.360 e. The van der Waals surface area contributed by atoms with Gasteiger partial charge in [-0.1, -0.05) is 0 Å². The number of nitrogens with one attached hydrogen (secondary N) is 1. The molecule has 0 aliphatic rings. The Balaban J connectivity index is 2.18. The largest absolute Gasteiger partial charge is 0.360 e. The molecular formula is C12H12N4O2. The summed E-state index contributed by atoms with van der Waals surface area (Å²) < 4.78 is 0. The third-order valence-corrected chi connectivity index (χ3v) is 2.42. The highest BCUT2D eigenvalue weighted by atomic mass is 16.6. The minimum atomic E-state index is -0.443. The van der Waals surface area contributed by atoms with Crippen LogP contribution in [0.1, 0.15) is 11.3 Å². The van der Waals surface area contributed by atoms with Gasteiger partial charge < -0.3 is 5.32 Å². The van der Waals surface area contributed by atoms with Gasteiger partial charge in [-0.05, 0) is 30.7 Å². The molecule has 0 fully saturated rings. The number of aryl methyl sites for hydroxylation is 1. The van der Waals surface area contributed by atoms with Crippen molar-refractivity contribution >= 4 is 11.5 Å². The minimum absolute atomic E-state index is 0.0188. The van der Waals surface area contributed by atoms with Crippen LogP contribution in [0.4, 0.5) is 11.5 Å². The van der Waals surface area contributed by atoms with Crippen LogP contribution < -0.4 is 5.32 Å². The summed E-state index contributed by atoms with van der Waals surface area (Å²) in [4.78, 5) is 18.5. The highest BCUT2D eigenvalue weighted by Crippen LogP contribution is 2.22. The van der Waals surface area contributed by atoms with Gasteiger partial charge in [0.25, 0.3) is 0 Å². The highest BCUT2D eigenvalue weighted by molar-refractivity contribution is 5.56. The smallest absolute Gasteiger partial charge is 0.311 e. The first-order valence-corrected chi connectivity index (χ1v) is 5.41. The van der Waals surface area contributed by atoms with Gasteiger partial charge in [0.1, 0.15) is 0 Å². The predicted octanol–water partition coefficient (Wildman–Crippen LogP) is 2.31. The molecule has 0 radical (unpaired) electrons. The maximum absolute atomic E-state index is 10.9. The number of nitro groups is 1. The lowest BCUT2D eigenvalue weighted by Crippen LogP contribution is -2.05. The molecular weight excluding hydrogens is 232 g/mol. The second-order valence-electron chi connectivity index (χ2n) is 3.79. The van der Waals surface area contributed by atoms with E-state index in [1.807, 2.05) is 12.1 Å². The molecule has 6 nitrogen and oxygen atoms in total. The average Bonchev–Trinajstić information content (AvgIpc) is 2.37. The summed E-state index contributed by atoms with van der Waals surface area (Å²) in [7, 11) is 0. The Hall–Kier alpha value is -2.50. The summed E-state index contributed by atoms with van der Waals surface area (Å²) in [6.07, 6.45) is 3.35. The third kappa shape index (κ3) is 2.79. The van der Waals surface area contributed by atoms with Crippen molar-refractivity contribution in [3.63, 3.8) is 0 Å². The lowest BCUT2D eigenvalue weighted by molar-refractivity contribution is -0.384. The average molecular weight is 244 g/mol. The van der Waals surface area contributed by atoms with Gasteiger partial charge in [0.15, 0.2) is 0 Å². The van der Waals surface area contributed by atoms with E-state index < -0.39 is 4.92 Å². The van der Waals surface area contributed by atoms with Crippen molar-refractivity contribution in [1.29, 1.82) is 0 Å². The number of anilines is 1. The molecule has 0 aromatic carbocycles. The van der Waals surface area contributed by atoms with E-state index in [9.17, 15) is 10.1 Å². The van der Waals surface area contributed by atoms with Gasteiger partial charge in [0.2, 0.25) is 5.82 Å². The molecule has 2 aromatic rings. The van der Waals surface area contributed by atoms with Gasteiger partial charge in [-0.2, -0.15) is 0 Å². The van der Waals surface area contributed by atoms with E-state index in [0.29, 0.717) is 6.54 Å². The van der Waals surface area contributed by atoms with Crippen LogP contribution in [0.3, 0.4) is 0 Å². The molecule has 1 N–H and O–H groups in total. The number of pyridine rings is 2. The van der Waals surface area contributed by atoms with Crippen LogP contribution >= 0.6 is 0 Å². The number of hydrogen-bond acceptors (Lipinski definition) is 5. The number of aromatic nitrogens is 2. The summed E-state index contributed by atoms with van der Waals surface area (Å²) in [6.45, 7) is 2.27. The SMILES string of the molecule is Cc1ccc([N+](=O)[O-])c(NCc2ccncc2)n1. The van der Waals surface area contributed by atoms with Crippen LogP contribution in [-0.2, 0) is 6.54 Å². The molecule has 0 amide bonds. The molecule has 0 spiro atoms. The summed E-state index contributed by atoms with van der Waals surface area (Å²) in [5.74, 6) is 0.289. The van der Waals surface area contributed by atoms with Crippen LogP contribution in [0, 0.1) is 17.0 Å². The van der Waals surface area contributed by atoms with Crippen LogP contribution in [0.25, 0.3) is 0 Å². The highest BCUT2D eigenvalue weighted by Gasteiger charge is 2.14. The van der Waals surface area contributed by atoms with E-state index in [2.05, 4.69) is 15.3 Å². The van der Waals surface area contributed by atoms with Gasteiger partial charge in [-0.3, -0.25) is 15.1 Å². The summed E-state index contributed by atoms with van der Waals surface area (Å²) in [5, 5.41) is 13.8. The zero-order valence-electron chi connectivity index (χ0n) is 9.83. The van der Waals surface area contributed by atoms with E-state index in [4.69, 9.17) is 0 Å². The fraction of sp³-hybridized carbons (Fsp3) is 0.167. The van der Waals surface area contributed by atoms with Crippen LogP contribution in [0.5, 0.6) is 0 Å². The van der Waals surface area contributed by atoms with Crippen LogP contribution in [0.15, 0.2) is 36.7 Å². The number of nitrogens with zero attached hydrogens (tertiary/aromatic N) is 3. The molecule has 2 rings (SSSR count). The van der Waals surface area contributed by atoms with Crippen molar-refractivity contribution in [2.24, 2.45) is 0 Å². The van der Waals surface area contributed by atoms with Crippen molar-refractivity contribution in [2.45, 2.75) is 13.5 Å². The molecule has 0 bridgehead atoms. The molecule has 0 aliphatic heterocycles. The van der Waals surface area contributed by atoms with Gasteiger partial charge in [-0.25, -0.2) is 4.98 Å². The predicted molar refractivity (Wildman–Crippen MR) is 67.2 cm³/mol. The van der Waals surface area contributed by atoms with Crippen molar-refractivity contribution in [1.82, 2.24) is 9.97 Å². The molecule has 92 valence electrons. The van der Waals surface area contributed by atoms with Crippen molar-refractivity contribution < 1.29 is 4.92 Å². The van der Waals surface area contributed by atoms with Crippen molar-refractivity contribution in [3.8, 4) is 0 Å². The zero-order chi connectivity index (χ0) is 13.0. The summed E-state index contributed by atoms with van der Waals surface area (Å²) >= 11 is 0. The van der Waals surface area contributed by atoms with E-state index in [1.54, 1.807) is 25.4 Å². The van der Waals surface area contributed by atoms with Gasteiger partial charge in [0, 0.05) is 30.7 Å². The Kier molecular flexibility index (Phi) is 3.47. The molecule has 0 unspecified atom stereocenters. The number of rotatable bonds is 4. The quantitative estimate of drug-likeness (QED) is 0.659. The molecule has 0 saturated heterocycles. The topological polar surface area (TPSA) is 81.0 Å². The first-order valence-electron chi connectivity index (χ1n) is 5.41. The van der Waals surface area contributed by atoms with Gasteiger partial charge in [-0.15, -0.1) is 0 Å². The zero-order valence-corrected chi connectivity index (χ0v) is 9.83. The van der Waals surface area contributed by atoms with Crippen LogP contribution in [0.2, 0.25) is 0 Å². The summed E-state index contributed by atoms with van der Waals surface area (Å²) in [6, 6.07) is 6.76. The van der Waals surface area contributed by atoms with Crippen molar-refractivity contribution in [3.05, 3.63) is 58.0 Å². The molecule has 0 aliphatic carbocycles. The second kappa shape index (κ2) is 5.22. The second-order valence-corrected chi connectivity index (χ2v) is 3.79. The fourth-order valence-electron chi connectivity index (χ4n) is 1.51. The maximum Gasteiger partial charge on any atom is 0.311 e. The Labute approximate surface area is 104 Å². The lowest BCUT2D eigenvalue weighted by atomic mass is 10.2. The molecule has 0 saturated carbocycles. The van der Waals surface area contributed by atoms with E-state index in [0.717, 1.165) is 11.3 Å². The van der Waals surface area contributed by atoms with Crippen molar-refractivity contribution in [2.75, 3.05) is 5.32 Å². The Morgan fingerprint density at radius 2 is 2.00 bits per heavy atom. The first kappa shape index (κ1) is 12.0. The molecule has 6 heteroatoms. The standard InChI is InChI=1S/C12H12N4O2/c1-9-2-3-11(16(17)18)12(15-9)14-8-10-4-6-13-7-5-10/h2-7H,8H2,1H3,(H,14,15). The number of hydrogen-bond donors (Lipinski definition) is 1. The molecule has 2 heterocycles. The van der Waals surface area contributed by atoms with E-state index >= 15 is 0 Å². The monoisotopic (exact) mass is 244 g/mol. The Bertz CT molecular complexity index is 557. The van der Waals surface area contributed by atoms with E-state index in [-0.39, 0.29) is 11.5 Å². The van der Waals surface area contributed by atoms with Gasteiger partial charge in [0.05, 0.1) is 4.92 Å². The maximum atomic E-state index is 10.9. The normalized spacial score (nSPS) is 10.1. The molecule has 2 aromatic heterocycles. The third-order valence-electron chi connectivity index (χ3n) is 2.42. The Morgan fingerprint density at radius 1 is 1.28 bits per heavy atom. The first-order chi connectivity index (χ1) is 8.66. The van der Waals surface area contributed by atoms with Crippen LogP contribution in [-0.4, -0.2) is 14.9 Å². The lowest BCUT2D eigenvalue weighted by Gasteiger charge is -2.06. The van der Waals surface area contributed by atoms with Gasteiger partial charge >= 0.3 is 5.69 Å². The fourth-order valence-corrected chi connectivity index (χ4v) is 1.51. The van der Waals surface area contributed by atoms with E-state index in [1.165, 1.54) is 6.07 Å². The molecule has 0 atom stereocenters.